The molecule has 1 rings (SSSR count). The van der Waals surface area contributed by atoms with Crippen molar-refractivity contribution in [1.29, 1.82) is 0 Å². The number of sulfonamides is 1. The molecule has 9 heteroatoms. The molecule has 1 aromatic rings. The van der Waals surface area contributed by atoms with Crippen molar-refractivity contribution in [2.45, 2.75) is 4.90 Å². The number of anilines is 1. The smallest absolute Gasteiger partial charge is 0.413 e. The first-order valence-corrected chi connectivity index (χ1v) is 6.83. The van der Waals surface area contributed by atoms with E-state index in [9.17, 15) is 18.0 Å². The highest BCUT2D eigenvalue weighted by Crippen LogP contribution is 2.23. The first-order chi connectivity index (χ1) is 9.22. The molecule has 0 aliphatic carbocycles. The second-order valence-corrected chi connectivity index (χ2v) is 5.28. The Morgan fingerprint density at radius 1 is 1.20 bits per heavy atom. The first kappa shape index (κ1) is 15.9. The summed E-state index contributed by atoms with van der Waals surface area (Å²) in [5.74, 6) is -0.846. The molecule has 0 atom stereocenters. The minimum atomic E-state index is -4.16. The van der Waals surface area contributed by atoms with E-state index >= 15 is 0 Å². The fourth-order valence-electron chi connectivity index (χ4n) is 1.48. The molecule has 2 N–H and O–H groups in total. The molecule has 0 saturated carbocycles. The third-order valence-corrected chi connectivity index (χ3v) is 3.46. The standard InChI is InChI=1S/C11H14N2O6S/c1-13(11(15)19-3)7-4-5-8(10(14)18-2)9(6-7)20(12,16)17/h4-6H,1-3H3,(H2,12,16,17). The van der Waals surface area contributed by atoms with Gasteiger partial charge in [-0.05, 0) is 18.2 Å². The van der Waals surface area contributed by atoms with Crippen molar-refractivity contribution in [3.8, 4) is 0 Å². The fraction of sp³-hybridized carbons (Fsp3) is 0.273. The molecule has 1 amide bonds. The lowest BCUT2D eigenvalue weighted by atomic mass is 10.2. The minimum absolute atomic E-state index is 0.202. The summed E-state index contributed by atoms with van der Waals surface area (Å²) in [6.45, 7) is 0. The molecule has 0 aromatic heterocycles. The number of methoxy groups -OCH3 is 2. The van der Waals surface area contributed by atoms with Crippen LogP contribution < -0.4 is 10.0 Å². The number of esters is 1. The Bertz CT molecular complexity index is 640. The second kappa shape index (κ2) is 5.88. The van der Waals surface area contributed by atoms with E-state index in [0.717, 1.165) is 18.1 Å². The van der Waals surface area contributed by atoms with Crippen LogP contribution in [-0.2, 0) is 19.5 Å². The van der Waals surface area contributed by atoms with Gasteiger partial charge in [0.05, 0.1) is 24.7 Å². The number of nitrogens with zero attached hydrogens (tertiary/aromatic N) is 1. The van der Waals surface area contributed by atoms with Gasteiger partial charge < -0.3 is 9.47 Å². The Hall–Kier alpha value is -2.13. The number of hydrogen-bond donors (Lipinski definition) is 1. The van der Waals surface area contributed by atoms with Crippen molar-refractivity contribution in [2.75, 3.05) is 26.2 Å². The highest BCUT2D eigenvalue weighted by molar-refractivity contribution is 7.89. The predicted molar refractivity (Wildman–Crippen MR) is 70.0 cm³/mol. The van der Waals surface area contributed by atoms with Gasteiger partial charge in [0.1, 0.15) is 0 Å². The molecule has 0 fully saturated rings. The van der Waals surface area contributed by atoms with Crippen LogP contribution in [0, 0.1) is 0 Å². The molecule has 0 saturated heterocycles. The zero-order valence-electron chi connectivity index (χ0n) is 11.1. The zero-order chi connectivity index (χ0) is 15.5. The van der Waals surface area contributed by atoms with Gasteiger partial charge in [0.2, 0.25) is 10.0 Å². The molecule has 0 unspecified atom stereocenters. The van der Waals surface area contributed by atoms with Crippen LogP contribution in [0.3, 0.4) is 0 Å². The van der Waals surface area contributed by atoms with E-state index < -0.39 is 27.0 Å². The molecule has 0 heterocycles. The summed E-state index contributed by atoms with van der Waals surface area (Å²) in [6.07, 6.45) is -0.698. The molecule has 0 spiro atoms. The van der Waals surface area contributed by atoms with Crippen LogP contribution in [0.15, 0.2) is 23.1 Å². The summed E-state index contributed by atoms with van der Waals surface area (Å²) >= 11 is 0. The predicted octanol–water partition coefficient (Wildman–Crippen LogP) is 0.323. The normalized spacial score (nSPS) is 10.8. The zero-order valence-corrected chi connectivity index (χ0v) is 11.9. The Labute approximate surface area is 116 Å². The van der Waals surface area contributed by atoms with Crippen molar-refractivity contribution in [2.24, 2.45) is 5.14 Å². The second-order valence-electron chi connectivity index (χ2n) is 3.75. The van der Waals surface area contributed by atoms with Crippen molar-refractivity contribution in [1.82, 2.24) is 0 Å². The maximum absolute atomic E-state index is 11.5. The first-order valence-electron chi connectivity index (χ1n) is 5.29. The van der Waals surface area contributed by atoms with Gasteiger partial charge in [0.25, 0.3) is 0 Å². The molecule has 0 aliphatic heterocycles. The summed E-state index contributed by atoms with van der Waals surface area (Å²) in [6, 6.07) is 3.68. The van der Waals surface area contributed by atoms with Gasteiger partial charge in [-0.15, -0.1) is 0 Å². The Balaban J connectivity index is 3.43. The van der Waals surface area contributed by atoms with Gasteiger partial charge in [-0.3, -0.25) is 4.90 Å². The third kappa shape index (κ3) is 3.25. The van der Waals surface area contributed by atoms with Gasteiger partial charge in [0.15, 0.2) is 0 Å². The van der Waals surface area contributed by atoms with E-state index in [0.29, 0.717) is 0 Å². The quantitative estimate of drug-likeness (QED) is 0.804. The Morgan fingerprint density at radius 3 is 2.25 bits per heavy atom. The van der Waals surface area contributed by atoms with Crippen LogP contribution in [0.4, 0.5) is 10.5 Å². The van der Waals surface area contributed by atoms with Crippen LogP contribution in [-0.4, -0.2) is 41.7 Å². The van der Waals surface area contributed by atoms with E-state index in [1.54, 1.807) is 0 Å². The molecular formula is C11H14N2O6S. The molecular weight excluding hydrogens is 288 g/mol. The van der Waals surface area contributed by atoms with E-state index in [2.05, 4.69) is 9.47 Å². The lowest BCUT2D eigenvalue weighted by Gasteiger charge is -2.17. The SMILES string of the molecule is COC(=O)c1ccc(N(C)C(=O)OC)cc1S(N)(=O)=O. The summed E-state index contributed by atoms with van der Waals surface area (Å²) in [5, 5.41) is 5.06. The van der Waals surface area contributed by atoms with Crippen LogP contribution in [0.1, 0.15) is 10.4 Å². The molecule has 1 aromatic carbocycles. The van der Waals surface area contributed by atoms with Gasteiger partial charge in [-0.25, -0.2) is 23.1 Å². The number of nitrogens with two attached hydrogens (primary N) is 1. The maximum atomic E-state index is 11.5. The van der Waals surface area contributed by atoms with Gasteiger partial charge in [-0.2, -0.15) is 0 Å². The summed E-state index contributed by atoms with van der Waals surface area (Å²) < 4.78 is 32.0. The topological polar surface area (TPSA) is 116 Å². The maximum Gasteiger partial charge on any atom is 0.413 e. The summed E-state index contributed by atoms with van der Waals surface area (Å²) in [4.78, 5) is 23.5. The van der Waals surface area contributed by atoms with Gasteiger partial charge in [-0.1, -0.05) is 0 Å². The number of carbonyl (C=O) groups excluding carboxylic acids is 2. The molecule has 0 aliphatic rings. The average molecular weight is 302 g/mol. The van der Waals surface area contributed by atoms with Crippen LogP contribution in [0.25, 0.3) is 0 Å². The summed E-state index contributed by atoms with van der Waals surface area (Å²) in [7, 11) is -0.478. The number of rotatable bonds is 3. The van der Waals surface area contributed by atoms with E-state index in [1.165, 1.54) is 26.3 Å². The van der Waals surface area contributed by atoms with Crippen molar-refractivity contribution in [3.05, 3.63) is 23.8 Å². The Morgan fingerprint density at radius 2 is 1.80 bits per heavy atom. The third-order valence-electron chi connectivity index (χ3n) is 2.51. The largest absolute Gasteiger partial charge is 0.465 e. The average Bonchev–Trinajstić information content (AvgIpc) is 2.43. The molecule has 0 radical (unpaired) electrons. The van der Waals surface area contributed by atoms with Crippen LogP contribution >= 0.6 is 0 Å². The van der Waals surface area contributed by atoms with Gasteiger partial charge in [0, 0.05) is 12.7 Å². The lowest BCUT2D eigenvalue weighted by molar-refractivity contribution is 0.0596. The number of amides is 1. The Kier molecular flexibility index (Phi) is 4.69. The van der Waals surface area contributed by atoms with Crippen LogP contribution in [0.2, 0.25) is 0 Å². The number of benzene rings is 1. The highest BCUT2D eigenvalue weighted by atomic mass is 32.2. The van der Waals surface area contributed by atoms with Crippen molar-refractivity contribution in [3.63, 3.8) is 0 Å². The fourth-order valence-corrected chi connectivity index (χ4v) is 2.22. The van der Waals surface area contributed by atoms with Crippen molar-refractivity contribution < 1.29 is 27.5 Å². The number of carbonyl (C=O) groups is 2. The monoisotopic (exact) mass is 302 g/mol. The highest BCUT2D eigenvalue weighted by Gasteiger charge is 2.22. The van der Waals surface area contributed by atoms with Crippen molar-refractivity contribution >= 4 is 27.8 Å². The van der Waals surface area contributed by atoms with E-state index in [4.69, 9.17) is 5.14 Å². The van der Waals surface area contributed by atoms with Gasteiger partial charge >= 0.3 is 12.1 Å². The molecule has 8 nitrogen and oxygen atoms in total. The minimum Gasteiger partial charge on any atom is -0.465 e. The van der Waals surface area contributed by atoms with E-state index in [1.807, 2.05) is 0 Å². The molecule has 20 heavy (non-hydrogen) atoms. The number of hydrogen-bond acceptors (Lipinski definition) is 6. The lowest BCUT2D eigenvalue weighted by Crippen LogP contribution is -2.26. The number of primary sulfonamides is 1. The molecule has 110 valence electrons. The van der Waals surface area contributed by atoms with Crippen LogP contribution in [0.5, 0.6) is 0 Å². The summed E-state index contributed by atoms with van der Waals surface area (Å²) in [5.41, 5.74) is -0.00876. The molecule has 0 bridgehead atoms. The van der Waals surface area contributed by atoms with E-state index in [-0.39, 0.29) is 11.3 Å². The number of ether oxygens (including phenoxy) is 2.